The maximum atomic E-state index is 12.0. The van der Waals surface area contributed by atoms with E-state index in [0.29, 0.717) is 5.96 Å². The van der Waals surface area contributed by atoms with E-state index in [9.17, 15) is 4.79 Å². The molecule has 5 heteroatoms. The quantitative estimate of drug-likeness (QED) is 0.864. The highest BCUT2D eigenvalue weighted by Gasteiger charge is 2.42. The van der Waals surface area contributed by atoms with Gasteiger partial charge in [-0.05, 0) is 38.5 Å². The van der Waals surface area contributed by atoms with Crippen molar-refractivity contribution in [1.82, 2.24) is 10.6 Å². The lowest BCUT2D eigenvalue weighted by atomic mass is 9.92. The number of rotatable bonds is 3. The van der Waals surface area contributed by atoms with E-state index in [-0.39, 0.29) is 12.0 Å². The third kappa shape index (κ3) is 2.54. The monoisotopic (exact) mass is 261 g/mol. The van der Waals surface area contributed by atoms with Crippen molar-refractivity contribution in [2.75, 3.05) is 7.05 Å². The van der Waals surface area contributed by atoms with Crippen molar-refractivity contribution in [2.24, 2.45) is 4.99 Å². The zero-order valence-corrected chi connectivity index (χ0v) is 11.7. The van der Waals surface area contributed by atoms with Gasteiger partial charge in [0.1, 0.15) is 11.3 Å². The normalized spacial score (nSPS) is 24.5. The van der Waals surface area contributed by atoms with E-state index >= 15 is 0 Å². The van der Waals surface area contributed by atoms with E-state index < -0.39 is 5.54 Å². The lowest BCUT2D eigenvalue weighted by Gasteiger charge is -2.22. The Hall–Kier alpha value is -2.04. The fourth-order valence-corrected chi connectivity index (χ4v) is 2.01. The maximum absolute atomic E-state index is 12.0. The molecule has 1 atom stereocenters. The first kappa shape index (κ1) is 13.4. The molecule has 19 heavy (non-hydrogen) atoms. The average molecular weight is 261 g/mol. The summed E-state index contributed by atoms with van der Waals surface area (Å²) in [5.41, 5.74) is 0.0883. The molecule has 2 rings (SSSR count). The summed E-state index contributed by atoms with van der Waals surface area (Å²) in [6.07, 6.45) is 0.133. The third-order valence-corrected chi connectivity index (χ3v) is 3.08. The van der Waals surface area contributed by atoms with E-state index in [1.165, 1.54) is 0 Å². The molecule has 1 saturated heterocycles. The Morgan fingerprint density at radius 2 is 1.89 bits per heavy atom. The van der Waals surface area contributed by atoms with E-state index in [4.69, 9.17) is 4.74 Å². The van der Waals surface area contributed by atoms with Crippen LogP contribution in [0.3, 0.4) is 0 Å². The average Bonchev–Trinajstić information content (AvgIpc) is 2.66. The predicted octanol–water partition coefficient (Wildman–Crippen LogP) is 1.39. The predicted molar refractivity (Wildman–Crippen MR) is 74.2 cm³/mol. The summed E-state index contributed by atoms with van der Waals surface area (Å²) in [5.74, 6) is 1.19. The van der Waals surface area contributed by atoms with Crippen molar-refractivity contribution in [3.8, 4) is 5.75 Å². The highest BCUT2D eigenvalue weighted by molar-refractivity contribution is 6.09. The Balaban J connectivity index is 2.24. The van der Waals surface area contributed by atoms with Crippen LogP contribution in [0.4, 0.5) is 0 Å². The molecular weight excluding hydrogens is 242 g/mol. The Labute approximate surface area is 113 Å². The standard InChI is InChI=1S/C14H19N3O2/c1-9(2)19-11-7-5-10(6-8-11)14(3)12(18)16-13(15-4)17-14/h5-9H,1-4H3,(H2,15,16,17,18). The van der Waals surface area contributed by atoms with Gasteiger partial charge in [-0.3, -0.25) is 15.1 Å². The summed E-state index contributed by atoms with van der Waals surface area (Å²) in [7, 11) is 1.63. The number of benzene rings is 1. The Bertz CT molecular complexity index is 508. The van der Waals surface area contributed by atoms with Crippen LogP contribution in [-0.4, -0.2) is 25.0 Å². The van der Waals surface area contributed by atoms with Gasteiger partial charge in [0.2, 0.25) is 0 Å². The molecule has 1 aromatic rings. The van der Waals surface area contributed by atoms with Crippen LogP contribution in [0.25, 0.3) is 0 Å². The molecule has 1 aromatic carbocycles. The summed E-state index contributed by atoms with van der Waals surface area (Å²) in [6, 6.07) is 7.53. The van der Waals surface area contributed by atoms with Crippen LogP contribution in [0.15, 0.2) is 29.3 Å². The van der Waals surface area contributed by atoms with Crippen LogP contribution in [0.1, 0.15) is 26.3 Å². The first-order chi connectivity index (χ1) is 8.95. The largest absolute Gasteiger partial charge is 0.491 e. The van der Waals surface area contributed by atoms with Crippen molar-refractivity contribution >= 4 is 11.9 Å². The minimum absolute atomic E-state index is 0.106. The lowest BCUT2D eigenvalue weighted by Crippen LogP contribution is -2.40. The Morgan fingerprint density at radius 1 is 1.26 bits per heavy atom. The molecule has 5 nitrogen and oxygen atoms in total. The Kier molecular flexibility index (Phi) is 3.46. The highest BCUT2D eigenvalue weighted by atomic mass is 16.5. The molecule has 102 valence electrons. The number of guanidine groups is 1. The number of carbonyl (C=O) groups excluding carboxylic acids is 1. The molecule has 0 radical (unpaired) electrons. The van der Waals surface area contributed by atoms with Gasteiger partial charge in [-0.2, -0.15) is 0 Å². The van der Waals surface area contributed by atoms with Gasteiger partial charge in [0.05, 0.1) is 6.10 Å². The Morgan fingerprint density at radius 3 is 2.37 bits per heavy atom. The number of nitrogens with zero attached hydrogens (tertiary/aromatic N) is 1. The molecule has 1 aliphatic heterocycles. The minimum Gasteiger partial charge on any atom is -0.491 e. The topological polar surface area (TPSA) is 62.7 Å². The van der Waals surface area contributed by atoms with Crippen LogP contribution in [0, 0.1) is 0 Å². The molecule has 1 fully saturated rings. The van der Waals surface area contributed by atoms with E-state index in [1.54, 1.807) is 7.05 Å². The fraction of sp³-hybridized carbons (Fsp3) is 0.429. The fourth-order valence-electron chi connectivity index (χ4n) is 2.01. The molecule has 0 saturated carbocycles. The molecule has 1 unspecified atom stereocenters. The van der Waals surface area contributed by atoms with Crippen molar-refractivity contribution in [3.63, 3.8) is 0 Å². The van der Waals surface area contributed by atoms with E-state index in [1.807, 2.05) is 45.0 Å². The smallest absolute Gasteiger partial charge is 0.256 e. The summed E-state index contributed by atoms with van der Waals surface area (Å²) in [4.78, 5) is 16.0. The van der Waals surface area contributed by atoms with E-state index in [2.05, 4.69) is 15.6 Å². The first-order valence-corrected chi connectivity index (χ1v) is 6.29. The molecule has 0 spiro atoms. The molecule has 1 heterocycles. The first-order valence-electron chi connectivity index (χ1n) is 6.29. The summed E-state index contributed by atoms with van der Waals surface area (Å²) in [6.45, 7) is 5.79. The van der Waals surface area contributed by atoms with Gasteiger partial charge in [-0.15, -0.1) is 0 Å². The van der Waals surface area contributed by atoms with Crippen LogP contribution in [-0.2, 0) is 10.3 Å². The number of hydrogen-bond acceptors (Lipinski definition) is 3. The summed E-state index contributed by atoms with van der Waals surface area (Å²) in [5, 5.41) is 5.80. The van der Waals surface area contributed by atoms with Crippen LogP contribution in [0.5, 0.6) is 5.75 Å². The number of nitrogens with one attached hydrogen (secondary N) is 2. The van der Waals surface area contributed by atoms with Gasteiger partial charge >= 0.3 is 0 Å². The third-order valence-electron chi connectivity index (χ3n) is 3.08. The van der Waals surface area contributed by atoms with Gasteiger partial charge in [-0.25, -0.2) is 0 Å². The number of aliphatic imine (C=N–C) groups is 1. The number of carbonyl (C=O) groups is 1. The van der Waals surface area contributed by atoms with Crippen molar-refractivity contribution in [1.29, 1.82) is 0 Å². The van der Waals surface area contributed by atoms with Gasteiger partial charge in [0.25, 0.3) is 5.91 Å². The molecule has 0 aromatic heterocycles. The lowest BCUT2D eigenvalue weighted by molar-refractivity contribution is -0.123. The highest BCUT2D eigenvalue weighted by Crippen LogP contribution is 2.26. The second kappa shape index (κ2) is 4.91. The molecule has 0 aliphatic carbocycles. The van der Waals surface area contributed by atoms with Gasteiger partial charge < -0.3 is 10.1 Å². The van der Waals surface area contributed by atoms with Gasteiger partial charge in [0, 0.05) is 7.05 Å². The maximum Gasteiger partial charge on any atom is 0.256 e. The molecule has 2 N–H and O–H groups in total. The molecule has 1 amide bonds. The number of amides is 1. The minimum atomic E-state index is -0.787. The zero-order chi connectivity index (χ0) is 14.0. The SMILES string of the molecule is CN=C1NC(=O)C(C)(c2ccc(OC(C)C)cc2)N1. The zero-order valence-electron chi connectivity index (χ0n) is 11.7. The van der Waals surface area contributed by atoms with Crippen molar-refractivity contribution < 1.29 is 9.53 Å². The molecule has 0 bridgehead atoms. The van der Waals surface area contributed by atoms with Crippen LogP contribution >= 0.6 is 0 Å². The van der Waals surface area contributed by atoms with Crippen molar-refractivity contribution in [3.05, 3.63) is 29.8 Å². The van der Waals surface area contributed by atoms with Gasteiger partial charge in [0.15, 0.2) is 5.96 Å². The van der Waals surface area contributed by atoms with Gasteiger partial charge in [-0.1, -0.05) is 12.1 Å². The van der Waals surface area contributed by atoms with Crippen LogP contribution in [0.2, 0.25) is 0 Å². The molecular formula is C14H19N3O2. The molecule has 1 aliphatic rings. The van der Waals surface area contributed by atoms with E-state index in [0.717, 1.165) is 11.3 Å². The summed E-state index contributed by atoms with van der Waals surface area (Å²) < 4.78 is 5.59. The number of ether oxygens (including phenoxy) is 1. The number of hydrogen-bond donors (Lipinski definition) is 2. The second-order valence-corrected chi connectivity index (χ2v) is 4.97. The van der Waals surface area contributed by atoms with Crippen LogP contribution < -0.4 is 15.4 Å². The summed E-state index contributed by atoms with van der Waals surface area (Å²) >= 11 is 0. The second-order valence-electron chi connectivity index (χ2n) is 4.97. The van der Waals surface area contributed by atoms with Crippen molar-refractivity contribution in [2.45, 2.75) is 32.4 Å².